The van der Waals surface area contributed by atoms with Gasteiger partial charge in [-0.1, -0.05) is 6.92 Å². The van der Waals surface area contributed by atoms with Gasteiger partial charge in [-0.3, -0.25) is 9.59 Å². The molecule has 0 saturated carbocycles. The summed E-state index contributed by atoms with van der Waals surface area (Å²) < 4.78 is 45.9. The van der Waals surface area contributed by atoms with Gasteiger partial charge in [0.2, 0.25) is 11.8 Å². The largest absolute Gasteiger partial charge is 0.416 e. The maximum absolute atomic E-state index is 13.4. The fraction of sp³-hybridized carbons (Fsp3) is 0.655. The van der Waals surface area contributed by atoms with Crippen molar-refractivity contribution in [1.29, 1.82) is 0 Å². The van der Waals surface area contributed by atoms with E-state index in [-0.39, 0.29) is 17.7 Å². The van der Waals surface area contributed by atoms with E-state index in [1.807, 2.05) is 0 Å². The fourth-order valence-corrected chi connectivity index (χ4v) is 7.05. The number of hydrogen-bond donors (Lipinski definition) is 3. The monoisotopic (exact) mass is 548 g/mol. The number of rotatable bonds is 7. The summed E-state index contributed by atoms with van der Waals surface area (Å²) in [5, 5.41) is 6.42. The smallest absolute Gasteiger partial charge is 0.381 e. The zero-order valence-corrected chi connectivity index (χ0v) is 22.8. The predicted octanol–water partition coefficient (Wildman–Crippen LogP) is 4.22. The third-order valence-electron chi connectivity index (χ3n) is 9.32. The Morgan fingerprint density at radius 3 is 2.64 bits per heavy atom. The molecule has 2 aromatic rings. The molecule has 1 aromatic carbocycles. The molecule has 0 unspecified atom stereocenters. The van der Waals surface area contributed by atoms with Crippen LogP contribution in [0.3, 0.4) is 0 Å². The van der Waals surface area contributed by atoms with Crippen LogP contribution in [0.25, 0.3) is 10.9 Å². The number of nitrogens with zero attached hydrogens (tertiary/aromatic N) is 1. The van der Waals surface area contributed by atoms with Gasteiger partial charge < -0.3 is 25.3 Å². The molecule has 3 heterocycles. The molecule has 7 nitrogen and oxygen atoms in total. The molecule has 39 heavy (non-hydrogen) atoms. The molecule has 3 aliphatic rings. The number of carbonyl (C=O) groups is 2. The summed E-state index contributed by atoms with van der Waals surface area (Å²) in [4.78, 5) is 30.3. The minimum atomic E-state index is -4.36. The van der Waals surface area contributed by atoms with Crippen molar-refractivity contribution in [1.82, 2.24) is 20.5 Å². The van der Waals surface area contributed by atoms with Crippen LogP contribution >= 0.6 is 0 Å². The van der Waals surface area contributed by atoms with Crippen molar-refractivity contribution < 1.29 is 27.5 Å². The Kier molecular flexibility index (Phi) is 7.97. The number of piperidine rings is 1. The van der Waals surface area contributed by atoms with E-state index >= 15 is 0 Å². The molecular formula is C29H39F3N4O3. The number of aromatic nitrogens is 1. The molecule has 10 heteroatoms. The molecule has 3 N–H and O–H groups in total. The van der Waals surface area contributed by atoms with Crippen LogP contribution in [0, 0.1) is 17.3 Å². The van der Waals surface area contributed by atoms with Gasteiger partial charge in [-0.05, 0) is 86.7 Å². The standard InChI is InChI=1S/C29H39F3N4O3/c1-18-23-17-36(12-6-28(7-13-39-14-8-28)27(38)34-10-9-33-19(2)37)11-5-20(23)15-25-26(18)22-16-21(29(30,31)32)3-4-24(22)35-25/h3-4,16,18,20,23,35H,5-15,17H2,1-2H3,(H,33,37)(H,34,38)/t18-,20-,23-/m1/s1. The lowest BCUT2D eigenvalue weighted by Gasteiger charge is -2.45. The summed E-state index contributed by atoms with van der Waals surface area (Å²) in [6.45, 7) is 8.18. The molecule has 1 aromatic heterocycles. The number of halogens is 3. The van der Waals surface area contributed by atoms with Crippen molar-refractivity contribution in [3.05, 3.63) is 35.0 Å². The number of alkyl halides is 3. The van der Waals surface area contributed by atoms with E-state index in [1.165, 1.54) is 13.0 Å². The van der Waals surface area contributed by atoms with Crippen LogP contribution in [-0.4, -0.2) is 67.6 Å². The van der Waals surface area contributed by atoms with Gasteiger partial charge in [0.1, 0.15) is 0 Å². The van der Waals surface area contributed by atoms with Crippen LogP contribution in [0.15, 0.2) is 18.2 Å². The van der Waals surface area contributed by atoms with Crippen LogP contribution in [0.5, 0.6) is 0 Å². The minimum Gasteiger partial charge on any atom is -0.381 e. The Labute approximate surface area is 227 Å². The van der Waals surface area contributed by atoms with E-state index in [9.17, 15) is 22.8 Å². The zero-order chi connectivity index (χ0) is 27.8. The number of benzene rings is 1. The van der Waals surface area contributed by atoms with Crippen molar-refractivity contribution >= 4 is 22.7 Å². The van der Waals surface area contributed by atoms with E-state index in [0.717, 1.165) is 61.7 Å². The Balaban J connectivity index is 1.26. The van der Waals surface area contributed by atoms with Gasteiger partial charge in [-0.15, -0.1) is 0 Å². The summed E-state index contributed by atoms with van der Waals surface area (Å²) in [5.74, 6) is 0.907. The maximum Gasteiger partial charge on any atom is 0.416 e. The summed E-state index contributed by atoms with van der Waals surface area (Å²) in [5.41, 5.74) is 1.82. The Morgan fingerprint density at radius 1 is 1.18 bits per heavy atom. The van der Waals surface area contributed by atoms with Gasteiger partial charge >= 0.3 is 6.18 Å². The number of amides is 2. The number of nitrogens with one attached hydrogen (secondary N) is 3. The van der Waals surface area contributed by atoms with Gasteiger partial charge in [0, 0.05) is 56.4 Å². The third-order valence-corrected chi connectivity index (χ3v) is 9.32. The molecule has 2 aliphatic heterocycles. The van der Waals surface area contributed by atoms with E-state index < -0.39 is 17.2 Å². The Bertz CT molecular complexity index is 1200. The molecule has 214 valence electrons. The van der Waals surface area contributed by atoms with Crippen molar-refractivity contribution in [3.8, 4) is 0 Å². The molecular weight excluding hydrogens is 509 g/mol. The number of carbonyl (C=O) groups excluding carboxylic acids is 2. The third kappa shape index (κ3) is 5.82. The Morgan fingerprint density at radius 2 is 1.92 bits per heavy atom. The first kappa shape index (κ1) is 28.0. The van der Waals surface area contributed by atoms with Crippen molar-refractivity contribution in [2.45, 2.75) is 58.0 Å². The number of aromatic amines is 1. The lowest BCUT2D eigenvalue weighted by atomic mass is 9.68. The SMILES string of the molecule is CC(=O)NCCNC(=O)C1(CCN2CC[C@@H]3Cc4[nH]c5ccc(C(F)(F)F)cc5c4[C@H](C)[C@H]3C2)CCOCC1. The van der Waals surface area contributed by atoms with E-state index in [2.05, 4.69) is 27.4 Å². The first-order valence-corrected chi connectivity index (χ1v) is 14.1. The van der Waals surface area contributed by atoms with Gasteiger partial charge in [-0.25, -0.2) is 0 Å². The molecule has 1 aliphatic carbocycles. The average Bonchev–Trinajstić information content (AvgIpc) is 3.28. The topological polar surface area (TPSA) is 86.5 Å². The highest BCUT2D eigenvalue weighted by Gasteiger charge is 2.43. The number of H-pyrrole nitrogens is 1. The number of hydrogen-bond acceptors (Lipinski definition) is 4. The molecule has 0 spiro atoms. The molecule has 2 amide bonds. The lowest BCUT2D eigenvalue weighted by molar-refractivity contribution is -0.138. The van der Waals surface area contributed by atoms with Crippen LogP contribution in [0.2, 0.25) is 0 Å². The molecule has 3 atom stereocenters. The van der Waals surface area contributed by atoms with E-state index in [0.29, 0.717) is 56.4 Å². The summed E-state index contributed by atoms with van der Waals surface area (Å²) >= 11 is 0. The second-order valence-corrected chi connectivity index (χ2v) is 11.7. The van der Waals surface area contributed by atoms with Crippen LogP contribution < -0.4 is 10.6 Å². The second-order valence-electron chi connectivity index (χ2n) is 11.7. The first-order chi connectivity index (χ1) is 18.6. The lowest BCUT2D eigenvalue weighted by Crippen LogP contribution is -2.50. The number of fused-ring (bicyclic) bond motifs is 4. The summed E-state index contributed by atoms with van der Waals surface area (Å²) in [7, 11) is 0. The van der Waals surface area contributed by atoms with Crippen LogP contribution in [-0.2, 0) is 26.9 Å². The van der Waals surface area contributed by atoms with Crippen molar-refractivity contribution in [2.24, 2.45) is 17.3 Å². The predicted molar refractivity (Wildman–Crippen MR) is 142 cm³/mol. The quantitative estimate of drug-likeness (QED) is 0.453. The molecule has 5 rings (SSSR count). The number of likely N-dealkylation sites (tertiary alicyclic amines) is 1. The van der Waals surface area contributed by atoms with Gasteiger partial charge in [0.15, 0.2) is 0 Å². The zero-order valence-electron chi connectivity index (χ0n) is 22.8. The van der Waals surface area contributed by atoms with Crippen molar-refractivity contribution in [3.63, 3.8) is 0 Å². The van der Waals surface area contributed by atoms with Gasteiger partial charge in [-0.2, -0.15) is 13.2 Å². The second kappa shape index (κ2) is 11.1. The number of ether oxygens (including phenoxy) is 1. The molecule has 0 bridgehead atoms. The van der Waals surface area contributed by atoms with Gasteiger partial charge in [0.05, 0.1) is 11.0 Å². The fourth-order valence-electron chi connectivity index (χ4n) is 7.05. The van der Waals surface area contributed by atoms with Crippen LogP contribution in [0.4, 0.5) is 13.2 Å². The van der Waals surface area contributed by atoms with Crippen LogP contribution in [0.1, 0.15) is 62.3 Å². The molecule has 2 saturated heterocycles. The van der Waals surface area contributed by atoms with E-state index in [1.54, 1.807) is 6.07 Å². The first-order valence-electron chi connectivity index (χ1n) is 14.1. The Hall–Kier alpha value is -2.59. The van der Waals surface area contributed by atoms with E-state index in [4.69, 9.17) is 4.74 Å². The van der Waals surface area contributed by atoms with Crippen molar-refractivity contribution in [2.75, 3.05) is 45.9 Å². The summed E-state index contributed by atoms with van der Waals surface area (Å²) in [6.07, 6.45) is -0.369. The highest BCUT2D eigenvalue weighted by atomic mass is 19.4. The minimum absolute atomic E-state index is 0.0287. The molecule has 2 fully saturated rings. The average molecular weight is 549 g/mol. The summed E-state index contributed by atoms with van der Waals surface area (Å²) in [6, 6.07) is 4.03. The highest BCUT2D eigenvalue weighted by molar-refractivity contribution is 5.86. The normalized spacial score (nSPS) is 25.1. The maximum atomic E-state index is 13.4. The molecule has 0 radical (unpaired) electrons. The van der Waals surface area contributed by atoms with Gasteiger partial charge in [0.25, 0.3) is 0 Å². The highest BCUT2D eigenvalue weighted by Crippen LogP contribution is 2.47.